The maximum Gasteiger partial charge on any atom is 0.262 e. The molecule has 3 aliphatic heterocycles. The van der Waals surface area contributed by atoms with Gasteiger partial charge in [-0.25, -0.2) is 0 Å². The molecule has 2 saturated heterocycles. The number of fused-ring (bicyclic) bond motifs is 1. The van der Waals surface area contributed by atoms with E-state index in [0.717, 1.165) is 36.5 Å². The van der Waals surface area contributed by atoms with Crippen molar-refractivity contribution in [2.24, 2.45) is 0 Å². The van der Waals surface area contributed by atoms with Gasteiger partial charge in [0.1, 0.15) is 6.04 Å². The van der Waals surface area contributed by atoms with Crippen molar-refractivity contribution in [3.8, 4) is 0 Å². The van der Waals surface area contributed by atoms with Crippen molar-refractivity contribution in [2.45, 2.75) is 51.2 Å². The van der Waals surface area contributed by atoms with Crippen LogP contribution in [0.5, 0.6) is 0 Å². The standard InChI is InChI=1S/C21H26N4O4/c1-21(2)7-9-24(10-8-22-21)12-13-3-4-14-15(11-13)20(29)25(19(14)28)16-5-6-17(26)23-18(16)27/h3-4,11,16,22H,5-10,12H2,1-2H3,(H,23,26,27). The monoisotopic (exact) mass is 398 g/mol. The van der Waals surface area contributed by atoms with E-state index < -0.39 is 23.8 Å². The van der Waals surface area contributed by atoms with E-state index in [1.54, 1.807) is 12.1 Å². The summed E-state index contributed by atoms with van der Waals surface area (Å²) in [5.41, 5.74) is 1.74. The summed E-state index contributed by atoms with van der Waals surface area (Å²) in [4.78, 5) is 52.6. The van der Waals surface area contributed by atoms with Crippen molar-refractivity contribution in [1.82, 2.24) is 20.4 Å². The minimum absolute atomic E-state index is 0.109. The van der Waals surface area contributed by atoms with Crippen LogP contribution in [0.4, 0.5) is 0 Å². The first kappa shape index (κ1) is 19.7. The minimum atomic E-state index is -0.928. The highest BCUT2D eigenvalue weighted by atomic mass is 16.2. The number of hydrogen-bond donors (Lipinski definition) is 2. The fourth-order valence-electron chi connectivity index (χ4n) is 4.22. The molecular formula is C21H26N4O4. The zero-order valence-corrected chi connectivity index (χ0v) is 16.8. The van der Waals surface area contributed by atoms with E-state index in [2.05, 4.69) is 29.4 Å². The molecule has 1 aromatic carbocycles. The van der Waals surface area contributed by atoms with Crippen LogP contribution in [0.3, 0.4) is 0 Å². The fraction of sp³-hybridized carbons (Fsp3) is 0.524. The number of amides is 4. The van der Waals surface area contributed by atoms with Gasteiger partial charge in [-0.2, -0.15) is 0 Å². The topological polar surface area (TPSA) is 98.8 Å². The SMILES string of the molecule is CC1(C)CCN(Cc2ccc3c(c2)C(=O)N(C2CCC(=O)NC2=O)C3=O)CCN1. The van der Waals surface area contributed by atoms with Gasteiger partial charge >= 0.3 is 0 Å². The molecule has 29 heavy (non-hydrogen) atoms. The molecule has 3 aliphatic rings. The molecule has 4 amide bonds. The van der Waals surface area contributed by atoms with Gasteiger partial charge in [0, 0.05) is 38.1 Å². The predicted octanol–water partition coefficient (Wildman–Crippen LogP) is 0.662. The van der Waals surface area contributed by atoms with E-state index in [4.69, 9.17) is 0 Å². The summed E-state index contributed by atoms with van der Waals surface area (Å²) >= 11 is 0. The van der Waals surface area contributed by atoms with Crippen LogP contribution in [0.2, 0.25) is 0 Å². The Balaban J connectivity index is 1.51. The molecule has 8 nitrogen and oxygen atoms in total. The molecule has 2 fully saturated rings. The van der Waals surface area contributed by atoms with E-state index in [9.17, 15) is 19.2 Å². The third kappa shape index (κ3) is 3.82. The normalized spacial score (nSPS) is 25.0. The number of nitrogens with one attached hydrogen (secondary N) is 2. The van der Waals surface area contributed by atoms with E-state index in [1.165, 1.54) is 0 Å². The molecule has 4 rings (SSSR count). The number of piperidine rings is 1. The number of rotatable bonds is 3. The lowest BCUT2D eigenvalue weighted by Crippen LogP contribution is -2.54. The van der Waals surface area contributed by atoms with Crippen molar-refractivity contribution in [2.75, 3.05) is 19.6 Å². The van der Waals surface area contributed by atoms with Crippen molar-refractivity contribution in [3.63, 3.8) is 0 Å². The predicted molar refractivity (Wildman–Crippen MR) is 105 cm³/mol. The summed E-state index contributed by atoms with van der Waals surface area (Å²) in [6.07, 6.45) is 1.31. The Kier molecular flexibility index (Phi) is 5.00. The first-order valence-corrected chi connectivity index (χ1v) is 10.1. The highest BCUT2D eigenvalue weighted by Crippen LogP contribution is 2.28. The summed E-state index contributed by atoms with van der Waals surface area (Å²) in [5.74, 6) is -1.89. The number of hydrogen-bond acceptors (Lipinski definition) is 6. The van der Waals surface area contributed by atoms with E-state index in [1.807, 2.05) is 6.07 Å². The third-order valence-electron chi connectivity index (χ3n) is 5.99. The van der Waals surface area contributed by atoms with Gasteiger partial charge in [0.15, 0.2) is 0 Å². The average molecular weight is 398 g/mol. The summed E-state index contributed by atoms with van der Waals surface area (Å²) in [7, 11) is 0. The summed E-state index contributed by atoms with van der Waals surface area (Å²) in [6.45, 7) is 7.85. The maximum atomic E-state index is 12.9. The molecule has 1 aromatic rings. The van der Waals surface area contributed by atoms with Crippen LogP contribution in [0.15, 0.2) is 18.2 Å². The zero-order valence-electron chi connectivity index (χ0n) is 16.8. The number of carbonyl (C=O) groups excluding carboxylic acids is 4. The number of imide groups is 2. The molecular weight excluding hydrogens is 372 g/mol. The number of nitrogens with zero attached hydrogens (tertiary/aromatic N) is 2. The van der Waals surface area contributed by atoms with Crippen molar-refractivity contribution in [3.05, 3.63) is 34.9 Å². The van der Waals surface area contributed by atoms with Crippen LogP contribution in [0.1, 0.15) is 59.4 Å². The van der Waals surface area contributed by atoms with Gasteiger partial charge in [0.25, 0.3) is 11.8 Å². The third-order valence-corrected chi connectivity index (χ3v) is 5.99. The number of benzene rings is 1. The lowest BCUT2D eigenvalue weighted by Gasteiger charge is -2.27. The van der Waals surface area contributed by atoms with Gasteiger partial charge in [0.05, 0.1) is 11.1 Å². The Bertz CT molecular complexity index is 895. The van der Waals surface area contributed by atoms with Crippen LogP contribution >= 0.6 is 0 Å². The molecule has 8 heteroatoms. The second-order valence-electron chi connectivity index (χ2n) is 8.66. The van der Waals surface area contributed by atoms with Crippen LogP contribution in [0, 0.1) is 0 Å². The zero-order chi connectivity index (χ0) is 20.8. The van der Waals surface area contributed by atoms with Gasteiger partial charge in [-0.3, -0.25) is 34.3 Å². The molecule has 0 bridgehead atoms. The van der Waals surface area contributed by atoms with Crippen LogP contribution in [-0.4, -0.2) is 64.6 Å². The van der Waals surface area contributed by atoms with Crippen LogP contribution in [0.25, 0.3) is 0 Å². The molecule has 1 atom stereocenters. The van der Waals surface area contributed by atoms with E-state index in [-0.39, 0.29) is 24.3 Å². The minimum Gasteiger partial charge on any atom is -0.310 e. The lowest BCUT2D eigenvalue weighted by molar-refractivity contribution is -0.136. The summed E-state index contributed by atoms with van der Waals surface area (Å²) < 4.78 is 0. The Morgan fingerprint density at radius 2 is 1.83 bits per heavy atom. The molecule has 0 spiro atoms. The number of carbonyl (C=O) groups is 4. The van der Waals surface area contributed by atoms with Crippen molar-refractivity contribution in [1.29, 1.82) is 0 Å². The van der Waals surface area contributed by atoms with Gasteiger partial charge in [0.2, 0.25) is 11.8 Å². The molecule has 0 saturated carbocycles. The Morgan fingerprint density at radius 1 is 1.07 bits per heavy atom. The highest BCUT2D eigenvalue weighted by molar-refractivity contribution is 6.23. The Labute approximate surface area is 169 Å². The first-order chi connectivity index (χ1) is 13.7. The quantitative estimate of drug-likeness (QED) is 0.726. The van der Waals surface area contributed by atoms with Gasteiger partial charge in [-0.05, 0) is 44.4 Å². The maximum absolute atomic E-state index is 12.9. The molecule has 0 aliphatic carbocycles. The Hall–Kier alpha value is -2.58. The van der Waals surface area contributed by atoms with Crippen molar-refractivity contribution >= 4 is 23.6 Å². The second-order valence-corrected chi connectivity index (χ2v) is 8.66. The highest BCUT2D eigenvalue weighted by Gasteiger charge is 2.44. The van der Waals surface area contributed by atoms with Gasteiger partial charge in [-0.1, -0.05) is 6.07 Å². The van der Waals surface area contributed by atoms with E-state index >= 15 is 0 Å². The molecule has 0 aromatic heterocycles. The molecule has 0 radical (unpaired) electrons. The largest absolute Gasteiger partial charge is 0.310 e. The second kappa shape index (κ2) is 7.35. The molecule has 1 unspecified atom stereocenters. The van der Waals surface area contributed by atoms with Crippen LogP contribution in [-0.2, 0) is 16.1 Å². The smallest absolute Gasteiger partial charge is 0.262 e. The summed E-state index contributed by atoms with van der Waals surface area (Å²) in [5, 5.41) is 5.75. The first-order valence-electron chi connectivity index (χ1n) is 10.1. The van der Waals surface area contributed by atoms with E-state index in [0.29, 0.717) is 17.7 Å². The molecule has 154 valence electrons. The Morgan fingerprint density at radius 3 is 2.59 bits per heavy atom. The fourth-order valence-corrected chi connectivity index (χ4v) is 4.22. The lowest BCUT2D eigenvalue weighted by atomic mass is 10.0. The van der Waals surface area contributed by atoms with Crippen molar-refractivity contribution < 1.29 is 19.2 Å². The van der Waals surface area contributed by atoms with Gasteiger partial charge in [-0.15, -0.1) is 0 Å². The molecule has 2 N–H and O–H groups in total. The van der Waals surface area contributed by atoms with Gasteiger partial charge < -0.3 is 5.32 Å². The average Bonchev–Trinajstić information content (AvgIpc) is 2.79. The summed E-state index contributed by atoms with van der Waals surface area (Å²) in [6, 6.07) is 4.39. The molecule has 3 heterocycles. The van der Waals surface area contributed by atoms with Crippen LogP contribution < -0.4 is 10.6 Å².